The molecule has 1 aromatic rings. The summed E-state index contributed by atoms with van der Waals surface area (Å²) >= 11 is 0. The van der Waals surface area contributed by atoms with Crippen molar-refractivity contribution in [2.24, 2.45) is 17.6 Å². The normalized spacial score (nSPS) is 25.3. The molecule has 1 aromatic carbocycles. The van der Waals surface area contributed by atoms with Crippen molar-refractivity contribution in [3.05, 3.63) is 34.9 Å². The van der Waals surface area contributed by atoms with E-state index >= 15 is 0 Å². The van der Waals surface area contributed by atoms with Crippen LogP contribution in [-0.2, 0) is 0 Å². The Morgan fingerprint density at radius 3 is 2.63 bits per heavy atom. The molecule has 1 nitrogen and oxygen atoms in total. The molecule has 2 rings (SSSR count). The van der Waals surface area contributed by atoms with Gasteiger partial charge in [0, 0.05) is 11.6 Å². The van der Waals surface area contributed by atoms with Crippen molar-refractivity contribution < 1.29 is 8.78 Å². The molecule has 0 aliphatic heterocycles. The molecule has 106 valence electrons. The first kappa shape index (κ1) is 14.4. The molecular formula is C16H23F2N. The summed E-state index contributed by atoms with van der Waals surface area (Å²) < 4.78 is 28.1. The number of benzene rings is 1. The lowest BCUT2D eigenvalue weighted by Gasteiger charge is -2.35. The van der Waals surface area contributed by atoms with Gasteiger partial charge in [0.25, 0.3) is 0 Å². The van der Waals surface area contributed by atoms with Crippen molar-refractivity contribution in [2.45, 2.75) is 52.0 Å². The monoisotopic (exact) mass is 267 g/mol. The maximum Gasteiger partial charge on any atom is 0.133 e. The molecule has 0 aromatic heterocycles. The van der Waals surface area contributed by atoms with Gasteiger partial charge in [-0.1, -0.05) is 38.7 Å². The van der Waals surface area contributed by atoms with Crippen molar-refractivity contribution in [2.75, 3.05) is 0 Å². The van der Waals surface area contributed by atoms with Crippen molar-refractivity contribution in [1.82, 2.24) is 0 Å². The van der Waals surface area contributed by atoms with Crippen LogP contribution in [-0.4, -0.2) is 0 Å². The molecule has 3 atom stereocenters. The minimum Gasteiger partial charge on any atom is -0.324 e. The van der Waals surface area contributed by atoms with Crippen molar-refractivity contribution >= 4 is 0 Å². The zero-order valence-electron chi connectivity index (χ0n) is 11.8. The minimum atomic E-state index is -0.523. The van der Waals surface area contributed by atoms with E-state index in [0.717, 1.165) is 25.7 Å². The molecule has 1 aliphatic carbocycles. The fraction of sp³-hybridized carbons (Fsp3) is 0.625. The zero-order chi connectivity index (χ0) is 14.0. The van der Waals surface area contributed by atoms with Gasteiger partial charge in [-0.15, -0.1) is 0 Å². The van der Waals surface area contributed by atoms with E-state index in [4.69, 9.17) is 5.73 Å². The fourth-order valence-electron chi connectivity index (χ4n) is 3.41. The standard InChI is InChI=1S/C16H23F2N/c1-3-11-6-4-5-7-12(11)16(19)14-13(17)9-8-10(2)15(14)18/h8-9,11-12,16H,3-7,19H2,1-2H3. The summed E-state index contributed by atoms with van der Waals surface area (Å²) in [6.07, 6.45) is 5.47. The van der Waals surface area contributed by atoms with Gasteiger partial charge in [0.15, 0.2) is 0 Å². The number of aryl methyl sites for hydroxylation is 1. The Hall–Kier alpha value is -0.960. The highest BCUT2D eigenvalue weighted by molar-refractivity contribution is 5.29. The second-order valence-corrected chi connectivity index (χ2v) is 5.73. The first-order valence-electron chi connectivity index (χ1n) is 7.26. The third-order valence-corrected chi connectivity index (χ3v) is 4.61. The maximum absolute atomic E-state index is 14.2. The van der Waals surface area contributed by atoms with Crippen molar-refractivity contribution in [3.8, 4) is 0 Å². The van der Waals surface area contributed by atoms with Gasteiger partial charge in [-0.25, -0.2) is 8.78 Å². The van der Waals surface area contributed by atoms with Gasteiger partial charge in [-0.2, -0.15) is 0 Å². The fourth-order valence-corrected chi connectivity index (χ4v) is 3.41. The maximum atomic E-state index is 14.2. The minimum absolute atomic E-state index is 0.0883. The van der Waals surface area contributed by atoms with Gasteiger partial charge in [0.2, 0.25) is 0 Å². The number of hydrogen-bond donors (Lipinski definition) is 1. The van der Waals surface area contributed by atoms with E-state index in [1.54, 1.807) is 6.92 Å². The third-order valence-electron chi connectivity index (χ3n) is 4.61. The molecular weight excluding hydrogens is 244 g/mol. The topological polar surface area (TPSA) is 26.0 Å². The van der Waals surface area contributed by atoms with E-state index in [-0.39, 0.29) is 11.5 Å². The summed E-state index contributed by atoms with van der Waals surface area (Å²) in [4.78, 5) is 0. The second kappa shape index (κ2) is 6.00. The molecule has 1 saturated carbocycles. The zero-order valence-corrected chi connectivity index (χ0v) is 11.8. The van der Waals surface area contributed by atoms with E-state index in [0.29, 0.717) is 11.5 Å². The third kappa shape index (κ3) is 2.81. The predicted octanol–water partition coefficient (Wildman–Crippen LogP) is 4.49. The van der Waals surface area contributed by atoms with Gasteiger partial charge in [-0.3, -0.25) is 0 Å². The lowest BCUT2D eigenvalue weighted by molar-refractivity contribution is 0.192. The van der Waals surface area contributed by atoms with Crippen LogP contribution >= 0.6 is 0 Å². The van der Waals surface area contributed by atoms with E-state index in [1.165, 1.54) is 18.6 Å². The van der Waals surface area contributed by atoms with Gasteiger partial charge in [0.1, 0.15) is 11.6 Å². The number of nitrogens with two attached hydrogens (primary N) is 1. The van der Waals surface area contributed by atoms with Crippen LogP contribution in [0.2, 0.25) is 0 Å². The number of halogens is 2. The molecule has 0 heterocycles. The largest absolute Gasteiger partial charge is 0.324 e. The van der Waals surface area contributed by atoms with Gasteiger partial charge >= 0.3 is 0 Å². The summed E-state index contributed by atoms with van der Waals surface area (Å²) in [5, 5.41) is 0. The van der Waals surface area contributed by atoms with E-state index in [1.807, 2.05) is 0 Å². The Labute approximate surface area is 114 Å². The van der Waals surface area contributed by atoms with Crippen LogP contribution in [0.25, 0.3) is 0 Å². The Morgan fingerprint density at radius 1 is 1.26 bits per heavy atom. The van der Waals surface area contributed by atoms with Crippen molar-refractivity contribution in [3.63, 3.8) is 0 Å². The molecule has 0 spiro atoms. The van der Waals surface area contributed by atoms with Crippen LogP contribution < -0.4 is 5.73 Å². The summed E-state index contributed by atoms with van der Waals surface area (Å²) in [5.41, 5.74) is 6.78. The quantitative estimate of drug-likeness (QED) is 0.858. The Morgan fingerprint density at radius 2 is 1.95 bits per heavy atom. The SMILES string of the molecule is CCC1CCCCC1C(N)c1c(F)ccc(C)c1F. The smallest absolute Gasteiger partial charge is 0.133 e. The van der Waals surface area contributed by atoms with Crippen LogP contribution in [0.15, 0.2) is 12.1 Å². The second-order valence-electron chi connectivity index (χ2n) is 5.73. The first-order chi connectivity index (χ1) is 9.06. The number of rotatable bonds is 3. The van der Waals surface area contributed by atoms with E-state index in [2.05, 4.69) is 6.92 Å². The Balaban J connectivity index is 2.32. The molecule has 19 heavy (non-hydrogen) atoms. The highest BCUT2D eigenvalue weighted by atomic mass is 19.1. The Kier molecular flexibility index (Phi) is 4.56. The summed E-state index contributed by atoms with van der Waals surface area (Å²) in [5.74, 6) is -0.281. The highest BCUT2D eigenvalue weighted by Crippen LogP contribution is 2.40. The van der Waals surface area contributed by atoms with Gasteiger partial charge in [0.05, 0.1) is 0 Å². The van der Waals surface area contributed by atoms with E-state index in [9.17, 15) is 8.78 Å². The molecule has 0 amide bonds. The highest BCUT2D eigenvalue weighted by Gasteiger charge is 2.32. The molecule has 0 bridgehead atoms. The van der Waals surface area contributed by atoms with Crippen LogP contribution in [0.3, 0.4) is 0 Å². The molecule has 3 heteroatoms. The van der Waals surface area contributed by atoms with Crippen LogP contribution in [0.5, 0.6) is 0 Å². The predicted molar refractivity (Wildman–Crippen MR) is 73.8 cm³/mol. The van der Waals surface area contributed by atoms with E-state index < -0.39 is 17.7 Å². The lowest BCUT2D eigenvalue weighted by atomic mass is 9.72. The summed E-state index contributed by atoms with van der Waals surface area (Å²) in [6, 6.07) is 2.28. The molecule has 0 saturated heterocycles. The summed E-state index contributed by atoms with van der Waals surface area (Å²) in [6.45, 7) is 3.79. The molecule has 3 unspecified atom stereocenters. The average molecular weight is 267 g/mol. The molecule has 0 radical (unpaired) electrons. The first-order valence-corrected chi connectivity index (χ1v) is 7.26. The Bertz CT molecular complexity index is 445. The van der Waals surface area contributed by atoms with Crippen LogP contribution in [0, 0.1) is 30.4 Å². The van der Waals surface area contributed by atoms with Gasteiger partial charge in [-0.05, 0) is 36.8 Å². The lowest BCUT2D eigenvalue weighted by Crippen LogP contribution is -2.31. The van der Waals surface area contributed by atoms with Crippen molar-refractivity contribution in [1.29, 1.82) is 0 Å². The average Bonchev–Trinajstić information content (AvgIpc) is 2.43. The molecule has 1 aliphatic rings. The van der Waals surface area contributed by atoms with Gasteiger partial charge < -0.3 is 5.73 Å². The van der Waals surface area contributed by atoms with Crippen LogP contribution in [0.1, 0.15) is 56.2 Å². The molecule has 2 N–H and O–H groups in total. The van der Waals surface area contributed by atoms with Crippen LogP contribution in [0.4, 0.5) is 8.78 Å². The summed E-state index contributed by atoms with van der Waals surface area (Å²) in [7, 11) is 0. The molecule has 1 fully saturated rings. The number of hydrogen-bond acceptors (Lipinski definition) is 1.